The number of rotatable bonds is 7. The van der Waals surface area contributed by atoms with Crippen molar-refractivity contribution in [2.24, 2.45) is 0 Å². The highest BCUT2D eigenvalue weighted by Gasteiger charge is 2.35. The van der Waals surface area contributed by atoms with Crippen LogP contribution in [0, 0.1) is 0 Å². The molecular weight excluding hydrogens is 380 g/mol. The topological polar surface area (TPSA) is 76.2 Å². The molecule has 156 valence electrons. The van der Waals surface area contributed by atoms with Crippen LogP contribution >= 0.6 is 0 Å². The third-order valence-corrected chi connectivity index (χ3v) is 7.32. The van der Waals surface area contributed by atoms with Crippen molar-refractivity contribution >= 4 is 15.9 Å². The summed E-state index contributed by atoms with van der Waals surface area (Å²) in [5, 5.41) is 0. The first kappa shape index (κ1) is 21.2. The molecule has 2 heterocycles. The molecule has 1 aromatic carbocycles. The Morgan fingerprint density at radius 3 is 2.75 bits per heavy atom. The zero-order chi connectivity index (χ0) is 20.3. The average Bonchev–Trinajstić information content (AvgIpc) is 3.14. The lowest BCUT2D eigenvalue weighted by atomic mass is 10.00. The van der Waals surface area contributed by atoms with Crippen LogP contribution in [0.2, 0.25) is 0 Å². The minimum atomic E-state index is -3.58. The van der Waals surface area contributed by atoms with Gasteiger partial charge in [-0.2, -0.15) is 4.31 Å². The predicted molar refractivity (Wildman–Crippen MR) is 105 cm³/mol. The summed E-state index contributed by atoms with van der Waals surface area (Å²) in [6, 6.07) is 5.19. The summed E-state index contributed by atoms with van der Waals surface area (Å²) in [6.07, 6.45) is 2.38. The highest BCUT2D eigenvalue weighted by atomic mass is 32.2. The summed E-state index contributed by atoms with van der Waals surface area (Å²) in [7, 11) is -1.98. The number of carbonyl (C=O) groups is 1. The molecule has 2 aliphatic rings. The Balaban J connectivity index is 1.78. The molecule has 0 N–H and O–H groups in total. The van der Waals surface area contributed by atoms with Crippen LogP contribution in [0.15, 0.2) is 23.1 Å². The predicted octanol–water partition coefficient (Wildman–Crippen LogP) is 1.80. The molecule has 1 fully saturated rings. The van der Waals surface area contributed by atoms with Crippen molar-refractivity contribution in [3.05, 3.63) is 29.3 Å². The van der Waals surface area contributed by atoms with E-state index in [1.807, 2.05) is 19.9 Å². The first-order valence-corrected chi connectivity index (χ1v) is 11.3. The highest BCUT2D eigenvalue weighted by molar-refractivity contribution is 7.89. The number of sulfonamides is 1. The maximum absolute atomic E-state index is 13.2. The molecule has 28 heavy (non-hydrogen) atoms. The van der Waals surface area contributed by atoms with E-state index >= 15 is 0 Å². The molecule has 1 amide bonds. The Hall–Kier alpha value is -1.48. The summed E-state index contributed by atoms with van der Waals surface area (Å²) < 4.78 is 38.5. The standard InChI is InChI=1S/C20H30N2O5S/c1-15(2)27-14-20(23)21-10-8-16-6-7-19(11-17(16)12-21)28(24,25)22-9-4-5-18(22)13-26-3/h6-7,11,15,18H,4-5,8-10,12-14H2,1-3H3. The zero-order valence-electron chi connectivity index (χ0n) is 16.9. The number of benzene rings is 1. The fraction of sp³-hybridized carbons (Fsp3) is 0.650. The van der Waals surface area contributed by atoms with Crippen LogP contribution in [0.25, 0.3) is 0 Å². The van der Waals surface area contributed by atoms with Crippen molar-refractivity contribution in [2.45, 2.75) is 56.7 Å². The third-order valence-electron chi connectivity index (χ3n) is 5.37. The largest absolute Gasteiger partial charge is 0.383 e. The zero-order valence-corrected chi connectivity index (χ0v) is 17.7. The van der Waals surface area contributed by atoms with Crippen molar-refractivity contribution in [3.8, 4) is 0 Å². The number of nitrogens with zero attached hydrogens (tertiary/aromatic N) is 2. The second-order valence-corrected chi connectivity index (χ2v) is 9.61. The average molecular weight is 411 g/mol. The number of fused-ring (bicyclic) bond motifs is 1. The molecule has 1 saturated heterocycles. The van der Waals surface area contributed by atoms with Crippen LogP contribution in [-0.2, 0) is 37.3 Å². The maximum Gasteiger partial charge on any atom is 0.248 e. The van der Waals surface area contributed by atoms with Crippen LogP contribution in [0.3, 0.4) is 0 Å². The quantitative estimate of drug-likeness (QED) is 0.685. The summed E-state index contributed by atoms with van der Waals surface area (Å²) in [5.74, 6) is -0.0627. The van der Waals surface area contributed by atoms with Crippen molar-refractivity contribution in [1.82, 2.24) is 9.21 Å². The number of carbonyl (C=O) groups excluding carboxylic acids is 1. The Morgan fingerprint density at radius 2 is 2.04 bits per heavy atom. The highest BCUT2D eigenvalue weighted by Crippen LogP contribution is 2.29. The van der Waals surface area contributed by atoms with Gasteiger partial charge in [0.25, 0.3) is 0 Å². The van der Waals surface area contributed by atoms with Gasteiger partial charge in [0.05, 0.1) is 17.6 Å². The molecule has 0 aromatic heterocycles. The fourth-order valence-corrected chi connectivity index (χ4v) is 5.59. The second-order valence-electron chi connectivity index (χ2n) is 7.72. The van der Waals surface area contributed by atoms with Crippen LogP contribution in [-0.4, -0.2) is 69.1 Å². The molecule has 7 nitrogen and oxygen atoms in total. The SMILES string of the molecule is COCC1CCCN1S(=O)(=O)c1ccc2c(c1)CN(C(=O)COC(C)C)CC2. The Labute approximate surface area is 167 Å². The molecule has 0 bridgehead atoms. The molecule has 0 radical (unpaired) electrons. The number of amides is 1. The minimum absolute atomic E-state index is 0.00159. The van der Waals surface area contributed by atoms with Gasteiger partial charge in [0.1, 0.15) is 6.61 Å². The van der Waals surface area contributed by atoms with Gasteiger partial charge in [-0.25, -0.2) is 8.42 Å². The summed E-state index contributed by atoms with van der Waals surface area (Å²) in [5.41, 5.74) is 2.00. The minimum Gasteiger partial charge on any atom is -0.383 e. The van der Waals surface area contributed by atoms with Gasteiger partial charge in [0, 0.05) is 32.8 Å². The number of hydrogen-bond acceptors (Lipinski definition) is 5. The Bertz CT molecular complexity index is 809. The van der Waals surface area contributed by atoms with Crippen LogP contribution in [0.1, 0.15) is 37.8 Å². The third kappa shape index (κ3) is 4.56. The monoisotopic (exact) mass is 410 g/mol. The van der Waals surface area contributed by atoms with E-state index in [0.29, 0.717) is 31.1 Å². The molecule has 0 saturated carbocycles. The lowest BCUT2D eigenvalue weighted by Gasteiger charge is -2.30. The second kappa shape index (κ2) is 8.90. The molecular formula is C20H30N2O5S. The van der Waals surface area contributed by atoms with E-state index < -0.39 is 10.0 Å². The number of ether oxygens (including phenoxy) is 2. The Kier molecular flexibility index (Phi) is 6.75. The van der Waals surface area contributed by atoms with Gasteiger partial charge < -0.3 is 14.4 Å². The summed E-state index contributed by atoms with van der Waals surface area (Å²) >= 11 is 0. The molecule has 1 atom stereocenters. The smallest absolute Gasteiger partial charge is 0.248 e. The van der Waals surface area contributed by atoms with Crippen molar-refractivity contribution in [2.75, 3.05) is 33.4 Å². The van der Waals surface area contributed by atoms with Crippen molar-refractivity contribution in [1.29, 1.82) is 0 Å². The molecule has 1 unspecified atom stereocenters. The van der Waals surface area contributed by atoms with E-state index in [4.69, 9.17) is 9.47 Å². The van der Waals surface area contributed by atoms with E-state index in [0.717, 1.165) is 30.4 Å². The first-order chi connectivity index (χ1) is 13.3. The van der Waals surface area contributed by atoms with E-state index in [2.05, 4.69) is 0 Å². The van der Waals surface area contributed by atoms with E-state index in [-0.39, 0.29) is 24.7 Å². The van der Waals surface area contributed by atoms with Gasteiger partial charge in [0.2, 0.25) is 15.9 Å². The summed E-state index contributed by atoms with van der Waals surface area (Å²) in [6.45, 7) is 5.81. The fourth-order valence-electron chi connectivity index (χ4n) is 3.86. The van der Waals surface area contributed by atoms with E-state index in [1.54, 1.807) is 28.4 Å². The van der Waals surface area contributed by atoms with Gasteiger partial charge in [0.15, 0.2) is 0 Å². The van der Waals surface area contributed by atoms with Gasteiger partial charge in [-0.15, -0.1) is 0 Å². The lowest BCUT2D eigenvalue weighted by Crippen LogP contribution is -2.39. The van der Waals surface area contributed by atoms with Crippen LogP contribution in [0.4, 0.5) is 0 Å². The molecule has 0 spiro atoms. The maximum atomic E-state index is 13.2. The van der Waals surface area contributed by atoms with Gasteiger partial charge >= 0.3 is 0 Å². The Morgan fingerprint density at radius 1 is 1.25 bits per heavy atom. The van der Waals surface area contributed by atoms with Crippen molar-refractivity contribution in [3.63, 3.8) is 0 Å². The number of methoxy groups -OCH3 is 1. The van der Waals surface area contributed by atoms with Crippen LogP contribution < -0.4 is 0 Å². The van der Waals surface area contributed by atoms with Crippen LogP contribution in [0.5, 0.6) is 0 Å². The van der Waals surface area contributed by atoms with E-state index in [9.17, 15) is 13.2 Å². The number of hydrogen-bond donors (Lipinski definition) is 0. The molecule has 3 rings (SSSR count). The molecule has 8 heteroatoms. The summed E-state index contributed by atoms with van der Waals surface area (Å²) in [4.78, 5) is 14.4. The van der Waals surface area contributed by atoms with Gasteiger partial charge in [-0.05, 0) is 56.4 Å². The van der Waals surface area contributed by atoms with Gasteiger partial charge in [-0.3, -0.25) is 4.79 Å². The van der Waals surface area contributed by atoms with Gasteiger partial charge in [-0.1, -0.05) is 6.07 Å². The normalized spacial score (nSPS) is 20.6. The van der Waals surface area contributed by atoms with E-state index in [1.165, 1.54) is 0 Å². The lowest BCUT2D eigenvalue weighted by molar-refractivity contribution is -0.138. The molecule has 2 aliphatic heterocycles. The first-order valence-electron chi connectivity index (χ1n) is 9.85. The molecule has 1 aromatic rings. The molecule has 0 aliphatic carbocycles. The van der Waals surface area contributed by atoms with Crippen molar-refractivity contribution < 1.29 is 22.7 Å².